The molecule has 0 aromatic rings. The van der Waals surface area contributed by atoms with E-state index in [-0.39, 0.29) is 0 Å². The lowest BCUT2D eigenvalue weighted by Crippen LogP contribution is -2.75. The largest absolute Gasteiger partial charge is 0.382 e. The second kappa shape index (κ2) is 14.8. The predicted octanol–water partition coefficient (Wildman–Crippen LogP) is 16.3. The third-order valence-electron chi connectivity index (χ3n) is 18.6. The van der Waals surface area contributed by atoms with Crippen LogP contribution in [0.15, 0.2) is 46.8 Å². The van der Waals surface area contributed by atoms with Gasteiger partial charge in [0.2, 0.25) is 0 Å². The monoisotopic (exact) mass is 947 g/mol. The number of allylic oxidation sites excluding steroid dienone is 6. The molecule has 0 N–H and O–H groups in total. The fourth-order valence-corrected chi connectivity index (χ4v) is 126. The Morgan fingerprint density at radius 2 is 0.772 bits per heavy atom. The summed E-state index contributed by atoms with van der Waals surface area (Å²) < 4.78 is 7.40. The molecule has 0 radical (unpaired) electrons. The summed E-state index contributed by atoms with van der Waals surface area (Å²) in [5, 5.41) is 0. The predicted molar refractivity (Wildman–Crippen MR) is 292 cm³/mol. The summed E-state index contributed by atoms with van der Waals surface area (Å²) in [6.07, 6.45) is 18.1. The molecule has 1 aliphatic carbocycles. The molecule has 0 saturated carbocycles. The number of fused-ring (bicyclic) bond motifs is 4. The number of hydrogen-bond acceptors (Lipinski definition) is 1. The van der Waals surface area contributed by atoms with Gasteiger partial charge in [0.1, 0.15) is 8.07 Å². The first-order chi connectivity index (χ1) is 25.2. The van der Waals surface area contributed by atoms with Gasteiger partial charge in [-0.1, -0.05) is 219 Å². The van der Waals surface area contributed by atoms with E-state index in [1.165, 1.54) is 12.8 Å². The standard InChI is InChI=1S/C42H88Si10.C4H10O/c1-43(2,3)39(44(4,5)6)28-29-40(45(7,8)9,46(10,11)12)51(39)32-27-35-33-38-37(26-25-36(35)34-51)52(38)41(47(13,14)15,48(16,17)18)30-31-42(52,49(19,20)21)50(22,23)24;1-3-5-4-2/h25-27,32-34,37-38H,28-31H2,1-24H3;3-4H2,1-2H3/t37-,38+;/m0./s1. The van der Waals surface area contributed by atoms with Crippen LogP contribution in [0.1, 0.15) is 39.5 Å². The van der Waals surface area contributed by atoms with Crippen molar-refractivity contribution >= 4 is 80.7 Å². The van der Waals surface area contributed by atoms with Crippen LogP contribution >= 0.6 is 0 Å². The van der Waals surface area contributed by atoms with Crippen molar-refractivity contribution in [2.45, 2.75) is 225 Å². The van der Waals surface area contributed by atoms with E-state index in [4.69, 9.17) is 4.74 Å². The molecule has 0 aromatic heterocycles. The quantitative estimate of drug-likeness (QED) is 0.198. The van der Waals surface area contributed by atoms with Crippen LogP contribution in [0.2, 0.25) is 185 Å². The van der Waals surface area contributed by atoms with Gasteiger partial charge in [-0.05, 0) is 53.2 Å². The zero-order valence-corrected chi connectivity index (χ0v) is 53.3. The number of rotatable bonds is 10. The molecule has 0 unspecified atom stereocenters. The van der Waals surface area contributed by atoms with Crippen LogP contribution in [-0.4, -0.2) is 94.0 Å². The lowest BCUT2D eigenvalue weighted by atomic mass is 10.1. The number of hydrogen-bond donors (Lipinski definition) is 0. The zero-order valence-electron chi connectivity index (χ0n) is 43.3. The minimum atomic E-state index is -2.12. The number of ether oxygens (including phenoxy) is 1. The highest BCUT2D eigenvalue weighted by molar-refractivity contribution is 7.32. The molecule has 3 fully saturated rings. The Hall–Kier alpha value is 1.09. The van der Waals surface area contributed by atoms with E-state index in [9.17, 15) is 0 Å². The lowest BCUT2D eigenvalue weighted by Gasteiger charge is -2.66. The Bertz CT molecular complexity index is 1510. The van der Waals surface area contributed by atoms with Gasteiger partial charge in [-0.3, -0.25) is 0 Å². The molecule has 328 valence electrons. The molecule has 5 rings (SSSR count). The Morgan fingerprint density at radius 1 is 0.456 bits per heavy atom. The van der Waals surface area contributed by atoms with Crippen LogP contribution in [0.4, 0.5) is 0 Å². The van der Waals surface area contributed by atoms with Crippen LogP contribution in [0, 0.1) is 0 Å². The second-order valence-electron chi connectivity index (χ2n) is 28.1. The van der Waals surface area contributed by atoms with Crippen molar-refractivity contribution in [1.82, 2.24) is 0 Å². The molecule has 11 heteroatoms. The highest BCUT2D eigenvalue weighted by Crippen LogP contribution is 2.91. The SMILES string of the molecule is CCOCC.C[Si](C)(C)C1([Si](C)(C)C)CCC([Si](C)(C)C)([Si](C)(C)C)[Si]12C=CC1=C[C@@H]3[C@H](C=CC1=C2)[Si]31C([Si](C)(C)C)([Si](C)(C)C)CCC1([Si](C)(C)C)[Si](C)(C)C. The van der Waals surface area contributed by atoms with Crippen molar-refractivity contribution in [3.63, 3.8) is 0 Å². The topological polar surface area (TPSA) is 9.23 Å². The summed E-state index contributed by atoms with van der Waals surface area (Å²) in [4.78, 5) is 0. The Kier molecular flexibility index (Phi) is 13.2. The minimum Gasteiger partial charge on any atom is -0.382 e. The van der Waals surface area contributed by atoms with Gasteiger partial charge in [0.15, 0.2) is 0 Å². The van der Waals surface area contributed by atoms with E-state index >= 15 is 0 Å². The molecule has 2 spiro atoms. The maximum atomic E-state index is 4.83. The maximum Gasteiger partial charge on any atom is 0.104 e. The van der Waals surface area contributed by atoms with Crippen LogP contribution < -0.4 is 0 Å². The van der Waals surface area contributed by atoms with Gasteiger partial charge in [0, 0.05) is 77.8 Å². The first-order valence-corrected chi connectivity index (χ1v) is 55.9. The first-order valence-electron chi connectivity index (χ1n) is 23.6. The summed E-state index contributed by atoms with van der Waals surface area (Å²) in [5.74, 6) is 0. The van der Waals surface area contributed by atoms with Crippen molar-refractivity contribution in [2.75, 3.05) is 13.2 Å². The van der Waals surface area contributed by atoms with Crippen LogP contribution in [0.25, 0.3) is 0 Å². The fraction of sp³-hybridized carbons (Fsp3) is 0.826. The molecule has 0 amide bonds. The summed E-state index contributed by atoms with van der Waals surface area (Å²) >= 11 is 0. The normalized spacial score (nSPS) is 27.3. The fourth-order valence-electron chi connectivity index (χ4n) is 19.0. The smallest absolute Gasteiger partial charge is 0.104 e. The van der Waals surface area contributed by atoms with E-state index < -0.39 is 80.7 Å². The molecule has 0 aromatic carbocycles. The van der Waals surface area contributed by atoms with Gasteiger partial charge in [-0.2, -0.15) is 0 Å². The zero-order chi connectivity index (χ0) is 44.5. The van der Waals surface area contributed by atoms with Gasteiger partial charge in [0.05, 0.1) is 8.07 Å². The van der Waals surface area contributed by atoms with Crippen molar-refractivity contribution in [1.29, 1.82) is 0 Å². The molecule has 4 heterocycles. The van der Waals surface area contributed by atoms with Crippen molar-refractivity contribution in [3.05, 3.63) is 46.8 Å². The molecular weight excluding hydrogens is 849 g/mol. The van der Waals surface area contributed by atoms with Crippen LogP contribution in [-0.2, 0) is 4.74 Å². The molecule has 5 aliphatic rings. The molecule has 3 saturated heterocycles. The molecule has 4 aliphatic heterocycles. The lowest BCUT2D eigenvalue weighted by molar-refractivity contribution is 0.162. The highest BCUT2D eigenvalue weighted by Gasteiger charge is 2.90. The molecule has 1 nitrogen and oxygen atoms in total. The van der Waals surface area contributed by atoms with E-state index in [2.05, 4.69) is 193 Å². The van der Waals surface area contributed by atoms with Crippen molar-refractivity contribution in [3.8, 4) is 0 Å². The van der Waals surface area contributed by atoms with E-state index in [1.54, 1.807) is 24.0 Å². The Labute approximate surface area is 367 Å². The Balaban J connectivity index is 0.00000135. The van der Waals surface area contributed by atoms with Gasteiger partial charge < -0.3 is 4.74 Å². The van der Waals surface area contributed by atoms with Crippen molar-refractivity contribution < 1.29 is 4.74 Å². The third-order valence-corrected chi connectivity index (χ3v) is 98.0. The summed E-state index contributed by atoms with van der Waals surface area (Å²) in [5.41, 5.74) is 11.5. The van der Waals surface area contributed by atoms with Crippen LogP contribution in [0.5, 0.6) is 0 Å². The van der Waals surface area contributed by atoms with E-state index in [0.29, 0.717) is 17.1 Å². The van der Waals surface area contributed by atoms with Gasteiger partial charge in [-0.15, -0.1) is 0 Å². The third kappa shape index (κ3) is 6.51. The van der Waals surface area contributed by atoms with E-state index in [1.807, 2.05) is 13.8 Å². The van der Waals surface area contributed by atoms with Crippen molar-refractivity contribution in [2.24, 2.45) is 0 Å². The van der Waals surface area contributed by atoms with E-state index in [0.717, 1.165) is 24.3 Å². The minimum absolute atomic E-state index is 0.586. The summed E-state index contributed by atoms with van der Waals surface area (Å²) in [7, 11) is -16.4. The van der Waals surface area contributed by atoms with Gasteiger partial charge in [-0.25, -0.2) is 0 Å². The van der Waals surface area contributed by atoms with Crippen LogP contribution in [0.3, 0.4) is 0 Å². The Morgan fingerprint density at radius 3 is 1.05 bits per heavy atom. The molecule has 0 bridgehead atoms. The average Bonchev–Trinajstić information content (AvgIpc) is 3.29. The van der Waals surface area contributed by atoms with Gasteiger partial charge >= 0.3 is 0 Å². The summed E-state index contributed by atoms with van der Waals surface area (Å²) in [6, 6.07) is 0. The first kappa shape index (κ1) is 50.7. The maximum absolute atomic E-state index is 4.83. The average molecular weight is 948 g/mol. The molecule has 2 atom stereocenters. The summed E-state index contributed by atoms with van der Waals surface area (Å²) in [6.45, 7) is 73.9. The molecular formula is C46H98OSi10. The highest BCUT2D eigenvalue weighted by atomic mass is 28.5. The van der Waals surface area contributed by atoms with Gasteiger partial charge in [0.25, 0.3) is 0 Å². The second-order valence-corrected chi connectivity index (χ2v) is 85.8. The molecule has 57 heavy (non-hydrogen) atoms.